The van der Waals surface area contributed by atoms with E-state index in [9.17, 15) is 27.5 Å². The monoisotopic (exact) mass is 463 g/mol. The van der Waals surface area contributed by atoms with Crippen LogP contribution in [0.2, 0.25) is 0 Å². The van der Waals surface area contributed by atoms with E-state index in [2.05, 4.69) is 20.2 Å². The lowest BCUT2D eigenvalue weighted by Gasteiger charge is -2.32. The molecular formula is C22H21F4N5O2. The van der Waals surface area contributed by atoms with E-state index in [-0.39, 0.29) is 23.1 Å². The fourth-order valence-electron chi connectivity index (χ4n) is 4.10. The number of likely N-dealkylation sites (tertiary alicyclic amines) is 1. The Morgan fingerprint density at radius 1 is 1.24 bits per heavy atom. The largest absolute Gasteiger partial charge is 0.416 e. The van der Waals surface area contributed by atoms with E-state index < -0.39 is 23.7 Å². The molecule has 33 heavy (non-hydrogen) atoms. The van der Waals surface area contributed by atoms with Gasteiger partial charge in [0.15, 0.2) is 0 Å². The Hall–Kier alpha value is -3.34. The highest BCUT2D eigenvalue weighted by Crippen LogP contribution is 2.40. The van der Waals surface area contributed by atoms with Crippen molar-refractivity contribution < 1.29 is 27.5 Å². The predicted octanol–water partition coefficient (Wildman–Crippen LogP) is 3.78. The van der Waals surface area contributed by atoms with Crippen molar-refractivity contribution in [2.24, 2.45) is 0 Å². The Morgan fingerprint density at radius 2 is 1.97 bits per heavy atom. The molecular weight excluding hydrogens is 442 g/mol. The molecule has 3 heterocycles. The second-order valence-corrected chi connectivity index (χ2v) is 7.96. The molecule has 1 aliphatic heterocycles. The summed E-state index contributed by atoms with van der Waals surface area (Å²) in [6.45, 7) is 2.23. The molecule has 4 rings (SSSR count). The van der Waals surface area contributed by atoms with Crippen molar-refractivity contribution in [1.29, 1.82) is 0 Å². The van der Waals surface area contributed by atoms with Gasteiger partial charge in [0.05, 0.1) is 11.3 Å². The molecule has 0 unspecified atom stereocenters. The standard InChI is InChI=1S/C22H21F4N5O2/c1-12(32)21(33)31-6-3-13(4-7-31)19-18(17-2-5-27-11-28-17)20(30-29-19)14-8-15(22(24,25)26)10-16(23)9-14/h2,5,8-13,32H,3-4,6-7H2,1H3,(H,29,30)/t12-/m0/s1. The minimum Gasteiger partial charge on any atom is -0.384 e. The number of rotatable bonds is 4. The molecule has 1 amide bonds. The first-order valence-corrected chi connectivity index (χ1v) is 10.3. The normalized spacial score (nSPS) is 16.1. The summed E-state index contributed by atoms with van der Waals surface area (Å²) < 4.78 is 53.9. The van der Waals surface area contributed by atoms with Crippen LogP contribution < -0.4 is 0 Å². The molecule has 1 aliphatic rings. The maximum Gasteiger partial charge on any atom is 0.416 e. The highest BCUT2D eigenvalue weighted by atomic mass is 19.4. The van der Waals surface area contributed by atoms with Gasteiger partial charge in [-0.3, -0.25) is 9.89 Å². The van der Waals surface area contributed by atoms with Crippen LogP contribution in [0.4, 0.5) is 17.6 Å². The van der Waals surface area contributed by atoms with E-state index in [1.54, 1.807) is 11.0 Å². The number of nitrogens with zero attached hydrogens (tertiary/aromatic N) is 4. The van der Waals surface area contributed by atoms with Gasteiger partial charge < -0.3 is 10.0 Å². The van der Waals surface area contributed by atoms with Gasteiger partial charge in [-0.2, -0.15) is 18.3 Å². The number of benzene rings is 1. The third kappa shape index (κ3) is 4.72. The van der Waals surface area contributed by atoms with Crippen LogP contribution in [0, 0.1) is 5.82 Å². The molecule has 2 aromatic heterocycles. The number of aromatic amines is 1. The van der Waals surface area contributed by atoms with E-state index >= 15 is 0 Å². The van der Waals surface area contributed by atoms with Crippen LogP contribution in [-0.2, 0) is 11.0 Å². The molecule has 0 bridgehead atoms. The van der Waals surface area contributed by atoms with Crippen molar-refractivity contribution in [3.63, 3.8) is 0 Å². The number of carbonyl (C=O) groups excluding carboxylic acids is 1. The van der Waals surface area contributed by atoms with Gasteiger partial charge in [-0.25, -0.2) is 14.4 Å². The Labute approximate surface area is 186 Å². The van der Waals surface area contributed by atoms with Crippen molar-refractivity contribution in [2.75, 3.05) is 13.1 Å². The molecule has 0 aliphatic carbocycles. The molecule has 0 spiro atoms. The third-order valence-electron chi connectivity index (χ3n) is 5.70. The summed E-state index contributed by atoms with van der Waals surface area (Å²) >= 11 is 0. The molecule has 174 valence electrons. The molecule has 0 saturated carbocycles. The lowest BCUT2D eigenvalue weighted by molar-refractivity contribution is -0.140. The number of aliphatic hydroxyl groups excluding tert-OH is 1. The van der Waals surface area contributed by atoms with Crippen LogP contribution in [-0.4, -0.2) is 55.3 Å². The average Bonchev–Trinajstić information content (AvgIpc) is 3.23. The fraction of sp³-hybridized carbons (Fsp3) is 0.364. The number of H-pyrrole nitrogens is 1. The summed E-state index contributed by atoms with van der Waals surface area (Å²) in [4.78, 5) is 21.8. The lowest BCUT2D eigenvalue weighted by atomic mass is 9.88. The van der Waals surface area contributed by atoms with Gasteiger partial charge in [0.2, 0.25) is 0 Å². The first-order valence-electron chi connectivity index (χ1n) is 10.3. The van der Waals surface area contributed by atoms with Gasteiger partial charge in [-0.1, -0.05) is 0 Å². The number of aromatic nitrogens is 4. The van der Waals surface area contributed by atoms with Crippen LogP contribution in [0.5, 0.6) is 0 Å². The SMILES string of the molecule is C[C@H](O)C(=O)N1CCC(c2[nH]nc(-c3cc(F)cc(C(F)(F)F)c3)c2-c2ccncn2)CC1. The van der Waals surface area contributed by atoms with Crippen LogP contribution in [0.1, 0.15) is 36.9 Å². The minimum absolute atomic E-state index is 0.0276. The molecule has 1 fully saturated rings. The Morgan fingerprint density at radius 3 is 2.58 bits per heavy atom. The van der Waals surface area contributed by atoms with Crippen LogP contribution in [0.25, 0.3) is 22.5 Å². The molecule has 1 aromatic carbocycles. The summed E-state index contributed by atoms with van der Waals surface area (Å²) in [5.41, 5.74) is 0.558. The van der Waals surface area contributed by atoms with Gasteiger partial charge in [0.25, 0.3) is 5.91 Å². The number of carbonyl (C=O) groups is 1. The molecule has 3 aromatic rings. The van der Waals surface area contributed by atoms with E-state index in [0.717, 1.165) is 12.1 Å². The van der Waals surface area contributed by atoms with Gasteiger partial charge in [0, 0.05) is 42.0 Å². The topological polar surface area (TPSA) is 95.0 Å². The average molecular weight is 463 g/mol. The highest BCUT2D eigenvalue weighted by Gasteiger charge is 2.33. The maximum absolute atomic E-state index is 14.1. The number of aliphatic hydroxyl groups is 1. The number of halogens is 4. The zero-order valence-electron chi connectivity index (χ0n) is 17.6. The molecule has 1 atom stereocenters. The zero-order valence-corrected chi connectivity index (χ0v) is 17.6. The van der Waals surface area contributed by atoms with Gasteiger partial charge in [-0.15, -0.1) is 0 Å². The van der Waals surface area contributed by atoms with Gasteiger partial charge in [-0.05, 0) is 44.0 Å². The summed E-state index contributed by atoms with van der Waals surface area (Å²) in [7, 11) is 0. The van der Waals surface area contributed by atoms with Crippen molar-refractivity contribution in [1.82, 2.24) is 25.1 Å². The number of alkyl halides is 3. The van der Waals surface area contributed by atoms with E-state index in [0.29, 0.717) is 48.9 Å². The second-order valence-electron chi connectivity index (χ2n) is 7.96. The van der Waals surface area contributed by atoms with Gasteiger partial charge >= 0.3 is 6.18 Å². The van der Waals surface area contributed by atoms with Gasteiger partial charge in [0.1, 0.15) is 23.9 Å². The van der Waals surface area contributed by atoms with Crippen LogP contribution in [0.15, 0.2) is 36.8 Å². The number of hydrogen-bond acceptors (Lipinski definition) is 5. The first-order chi connectivity index (χ1) is 15.6. The number of amides is 1. The predicted molar refractivity (Wildman–Crippen MR) is 110 cm³/mol. The minimum atomic E-state index is -4.71. The lowest BCUT2D eigenvalue weighted by Crippen LogP contribution is -2.42. The summed E-state index contributed by atoms with van der Waals surface area (Å²) in [6, 6.07) is 3.91. The van der Waals surface area contributed by atoms with Crippen molar-refractivity contribution >= 4 is 5.91 Å². The molecule has 2 N–H and O–H groups in total. The van der Waals surface area contributed by atoms with Crippen LogP contribution >= 0.6 is 0 Å². The number of hydrogen-bond donors (Lipinski definition) is 2. The van der Waals surface area contributed by atoms with E-state index in [4.69, 9.17) is 0 Å². The summed E-state index contributed by atoms with van der Waals surface area (Å²) in [6.07, 6.45) is -1.89. The van der Waals surface area contributed by atoms with E-state index in [1.807, 2.05) is 0 Å². The molecule has 1 saturated heterocycles. The Bertz CT molecular complexity index is 1140. The molecule has 0 radical (unpaired) electrons. The molecule has 7 nitrogen and oxygen atoms in total. The fourth-order valence-corrected chi connectivity index (χ4v) is 4.10. The number of piperidine rings is 1. The van der Waals surface area contributed by atoms with Crippen molar-refractivity contribution in [3.05, 3.63) is 53.9 Å². The van der Waals surface area contributed by atoms with Crippen molar-refractivity contribution in [2.45, 2.75) is 38.0 Å². The summed E-state index contributed by atoms with van der Waals surface area (Å²) in [5.74, 6) is -1.47. The maximum atomic E-state index is 14.1. The smallest absolute Gasteiger partial charge is 0.384 e. The molecule has 11 heteroatoms. The number of nitrogens with one attached hydrogen (secondary N) is 1. The summed E-state index contributed by atoms with van der Waals surface area (Å²) in [5, 5.41) is 16.7. The Balaban J connectivity index is 1.75. The second kappa shape index (κ2) is 8.89. The van der Waals surface area contributed by atoms with Crippen LogP contribution in [0.3, 0.4) is 0 Å². The Kier molecular flexibility index (Phi) is 6.15. The van der Waals surface area contributed by atoms with E-state index in [1.165, 1.54) is 19.4 Å². The van der Waals surface area contributed by atoms with Crippen molar-refractivity contribution in [3.8, 4) is 22.5 Å². The first kappa shape index (κ1) is 22.8. The quantitative estimate of drug-likeness (QED) is 0.575. The third-order valence-corrected chi connectivity index (χ3v) is 5.70. The zero-order chi connectivity index (χ0) is 23.8. The highest BCUT2D eigenvalue weighted by molar-refractivity contribution is 5.82.